The number of aromatic nitrogens is 3. The van der Waals surface area contributed by atoms with E-state index in [1.807, 2.05) is 36.4 Å². The van der Waals surface area contributed by atoms with E-state index in [2.05, 4.69) is 26.4 Å². The van der Waals surface area contributed by atoms with Crippen molar-refractivity contribution in [3.8, 4) is 17.0 Å². The van der Waals surface area contributed by atoms with Crippen LogP contribution >= 0.6 is 0 Å². The van der Waals surface area contributed by atoms with Gasteiger partial charge < -0.3 is 5.11 Å². The second-order valence-electron chi connectivity index (χ2n) is 5.86. The summed E-state index contributed by atoms with van der Waals surface area (Å²) in [5.41, 5.74) is 5.17. The number of aromatic hydroxyl groups is 1. The fourth-order valence-corrected chi connectivity index (χ4v) is 3.16. The highest BCUT2D eigenvalue weighted by atomic mass is 16.3. The lowest BCUT2D eigenvalue weighted by Crippen LogP contribution is -2.30. The molecule has 1 aromatic heterocycles. The lowest BCUT2D eigenvalue weighted by molar-refractivity contribution is 0.238. The summed E-state index contributed by atoms with van der Waals surface area (Å²) in [6.45, 7) is 2.41. The molecule has 4 rings (SSSR count). The molecule has 0 bridgehead atoms. The smallest absolute Gasteiger partial charge is 0.120 e. The first-order valence-electron chi connectivity index (χ1n) is 7.78. The first-order valence-corrected chi connectivity index (χ1v) is 7.78. The molecule has 1 aliphatic rings. The van der Waals surface area contributed by atoms with E-state index in [0.29, 0.717) is 12.3 Å². The molecule has 0 fully saturated rings. The molecule has 23 heavy (non-hydrogen) atoms. The van der Waals surface area contributed by atoms with E-state index in [-0.39, 0.29) is 0 Å². The van der Waals surface area contributed by atoms with E-state index < -0.39 is 0 Å². The maximum absolute atomic E-state index is 10.1. The molecule has 1 aliphatic heterocycles. The predicted molar refractivity (Wildman–Crippen MR) is 87.7 cm³/mol. The Labute approximate surface area is 134 Å². The Morgan fingerprint density at radius 1 is 1.04 bits per heavy atom. The number of benzene rings is 2. The van der Waals surface area contributed by atoms with Crippen molar-refractivity contribution >= 4 is 0 Å². The Balaban J connectivity index is 1.57. The van der Waals surface area contributed by atoms with Gasteiger partial charge in [-0.15, -0.1) is 0 Å². The topological polar surface area (TPSA) is 65.0 Å². The Kier molecular flexibility index (Phi) is 3.55. The minimum atomic E-state index is 0.385. The van der Waals surface area contributed by atoms with Crippen molar-refractivity contribution in [2.24, 2.45) is 0 Å². The molecular formula is C18H18N4O. The predicted octanol–water partition coefficient (Wildman–Crippen LogP) is 2.74. The van der Waals surface area contributed by atoms with Crippen LogP contribution in [0.15, 0.2) is 48.5 Å². The molecule has 2 aromatic carbocycles. The molecule has 3 aromatic rings. The van der Waals surface area contributed by atoms with Crippen LogP contribution in [0.25, 0.3) is 11.3 Å². The summed E-state index contributed by atoms with van der Waals surface area (Å²) in [7, 11) is 0. The van der Waals surface area contributed by atoms with Crippen molar-refractivity contribution in [1.29, 1.82) is 0 Å². The molecule has 5 heteroatoms. The van der Waals surface area contributed by atoms with Crippen LogP contribution in [0, 0.1) is 0 Å². The summed E-state index contributed by atoms with van der Waals surface area (Å²) in [5.74, 6) is 0.385. The van der Waals surface area contributed by atoms with E-state index >= 15 is 0 Å². The first kappa shape index (κ1) is 14.0. The number of hydrogen-bond acceptors (Lipinski definition) is 4. The summed E-state index contributed by atoms with van der Waals surface area (Å²) >= 11 is 0. The van der Waals surface area contributed by atoms with Crippen molar-refractivity contribution in [2.75, 3.05) is 6.54 Å². The SMILES string of the molecule is Oc1cccc2c1CN(Cc1n[nH]nc1-c1ccccc1)CC2. The van der Waals surface area contributed by atoms with E-state index in [9.17, 15) is 5.11 Å². The van der Waals surface area contributed by atoms with Gasteiger partial charge >= 0.3 is 0 Å². The molecule has 5 nitrogen and oxygen atoms in total. The molecule has 116 valence electrons. The molecule has 0 atom stereocenters. The average Bonchev–Trinajstić information content (AvgIpc) is 3.05. The van der Waals surface area contributed by atoms with E-state index in [1.54, 1.807) is 6.07 Å². The van der Waals surface area contributed by atoms with Gasteiger partial charge in [0.05, 0.1) is 0 Å². The van der Waals surface area contributed by atoms with Crippen LogP contribution < -0.4 is 0 Å². The number of aromatic amines is 1. The largest absolute Gasteiger partial charge is 0.508 e. The van der Waals surface area contributed by atoms with Crippen molar-refractivity contribution in [3.63, 3.8) is 0 Å². The third-order valence-electron chi connectivity index (χ3n) is 4.37. The van der Waals surface area contributed by atoms with Crippen LogP contribution in [-0.4, -0.2) is 32.0 Å². The van der Waals surface area contributed by atoms with Crippen LogP contribution in [0.2, 0.25) is 0 Å². The highest BCUT2D eigenvalue weighted by Crippen LogP contribution is 2.28. The minimum Gasteiger partial charge on any atom is -0.508 e. The fraction of sp³-hybridized carbons (Fsp3) is 0.222. The average molecular weight is 306 g/mol. The number of rotatable bonds is 3. The lowest BCUT2D eigenvalue weighted by atomic mass is 9.98. The third-order valence-corrected chi connectivity index (χ3v) is 4.37. The van der Waals surface area contributed by atoms with Gasteiger partial charge in [-0.3, -0.25) is 4.90 Å². The highest BCUT2D eigenvalue weighted by Gasteiger charge is 2.21. The van der Waals surface area contributed by atoms with Gasteiger partial charge in [-0.25, -0.2) is 0 Å². The molecule has 0 aliphatic carbocycles. The Morgan fingerprint density at radius 2 is 1.91 bits per heavy atom. The normalized spacial score (nSPS) is 14.6. The van der Waals surface area contributed by atoms with Crippen LogP contribution in [-0.2, 0) is 19.5 Å². The number of nitrogens with one attached hydrogen (secondary N) is 1. The molecule has 0 saturated heterocycles. The fourth-order valence-electron chi connectivity index (χ4n) is 3.16. The quantitative estimate of drug-likeness (QED) is 0.781. The number of phenols is 1. The highest BCUT2D eigenvalue weighted by molar-refractivity contribution is 5.60. The van der Waals surface area contributed by atoms with Crippen molar-refractivity contribution < 1.29 is 5.11 Å². The molecule has 2 heterocycles. The second-order valence-corrected chi connectivity index (χ2v) is 5.86. The number of fused-ring (bicyclic) bond motifs is 1. The first-order chi connectivity index (χ1) is 11.3. The zero-order valence-corrected chi connectivity index (χ0v) is 12.7. The summed E-state index contributed by atoms with van der Waals surface area (Å²) in [6.07, 6.45) is 0.947. The molecule has 0 amide bonds. The van der Waals surface area contributed by atoms with Gasteiger partial charge in [0.1, 0.15) is 17.1 Å². The van der Waals surface area contributed by atoms with Gasteiger partial charge in [-0.1, -0.05) is 42.5 Å². The summed E-state index contributed by atoms with van der Waals surface area (Å²) < 4.78 is 0. The van der Waals surface area contributed by atoms with E-state index in [0.717, 1.165) is 42.0 Å². The van der Waals surface area contributed by atoms with E-state index in [1.165, 1.54) is 5.56 Å². The zero-order chi connectivity index (χ0) is 15.6. The third kappa shape index (κ3) is 2.71. The Bertz CT molecular complexity index is 813. The molecule has 0 saturated carbocycles. The van der Waals surface area contributed by atoms with Crippen molar-refractivity contribution in [2.45, 2.75) is 19.5 Å². The van der Waals surface area contributed by atoms with Gasteiger partial charge in [0.15, 0.2) is 0 Å². The van der Waals surface area contributed by atoms with Crippen LogP contribution in [0.4, 0.5) is 0 Å². The standard InChI is InChI=1S/C18H18N4O/c23-17-8-4-7-13-9-10-22(11-15(13)17)12-16-18(20-21-19-16)14-5-2-1-3-6-14/h1-8,23H,9-12H2,(H,19,20,21). The Hall–Kier alpha value is -2.66. The van der Waals surface area contributed by atoms with Gasteiger partial charge in [0.25, 0.3) is 0 Å². The lowest BCUT2D eigenvalue weighted by Gasteiger charge is -2.28. The number of phenolic OH excluding ortho intramolecular Hbond substituents is 1. The van der Waals surface area contributed by atoms with Gasteiger partial charge in [0.2, 0.25) is 0 Å². The summed E-state index contributed by atoms with van der Waals surface area (Å²) in [5, 5.41) is 21.4. The summed E-state index contributed by atoms with van der Waals surface area (Å²) in [6, 6.07) is 15.8. The number of H-pyrrole nitrogens is 1. The minimum absolute atomic E-state index is 0.385. The molecule has 0 spiro atoms. The monoisotopic (exact) mass is 306 g/mol. The summed E-state index contributed by atoms with van der Waals surface area (Å²) in [4.78, 5) is 2.30. The number of hydrogen-bond donors (Lipinski definition) is 2. The van der Waals surface area contributed by atoms with Crippen LogP contribution in [0.3, 0.4) is 0 Å². The number of nitrogens with zero attached hydrogens (tertiary/aromatic N) is 3. The van der Waals surface area contributed by atoms with Crippen LogP contribution in [0.5, 0.6) is 5.75 Å². The maximum Gasteiger partial charge on any atom is 0.120 e. The maximum atomic E-state index is 10.1. The molecular weight excluding hydrogens is 288 g/mol. The zero-order valence-electron chi connectivity index (χ0n) is 12.7. The second kappa shape index (κ2) is 5.85. The molecule has 0 radical (unpaired) electrons. The van der Waals surface area contributed by atoms with E-state index in [4.69, 9.17) is 0 Å². The van der Waals surface area contributed by atoms with Crippen molar-refractivity contribution in [3.05, 3.63) is 65.4 Å². The Morgan fingerprint density at radius 3 is 2.78 bits per heavy atom. The molecule has 2 N–H and O–H groups in total. The van der Waals surface area contributed by atoms with Crippen LogP contribution in [0.1, 0.15) is 16.8 Å². The van der Waals surface area contributed by atoms with Crippen molar-refractivity contribution in [1.82, 2.24) is 20.3 Å². The van der Waals surface area contributed by atoms with Gasteiger partial charge in [0, 0.05) is 30.8 Å². The molecule has 0 unspecified atom stereocenters. The van der Waals surface area contributed by atoms with Gasteiger partial charge in [-0.05, 0) is 18.1 Å². The van der Waals surface area contributed by atoms with Gasteiger partial charge in [-0.2, -0.15) is 15.4 Å².